The van der Waals surface area contributed by atoms with E-state index in [1.807, 2.05) is 31.2 Å². The van der Waals surface area contributed by atoms with Crippen molar-refractivity contribution in [3.8, 4) is 0 Å². The quantitative estimate of drug-likeness (QED) is 0.782. The number of hydrogen-bond donors (Lipinski definition) is 0. The maximum absolute atomic E-state index is 12.4. The molecule has 23 heavy (non-hydrogen) atoms. The molecule has 0 bridgehead atoms. The van der Waals surface area contributed by atoms with Crippen LogP contribution in [0.2, 0.25) is 0 Å². The molecule has 0 spiro atoms. The molecule has 0 aliphatic carbocycles. The van der Waals surface area contributed by atoms with E-state index in [1.165, 1.54) is 19.3 Å². The number of benzene rings is 2. The molecule has 3 nitrogen and oxygen atoms in total. The summed E-state index contributed by atoms with van der Waals surface area (Å²) >= 11 is 0. The summed E-state index contributed by atoms with van der Waals surface area (Å²) in [6, 6.07) is 14.3. The van der Waals surface area contributed by atoms with E-state index in [9.17, 15) is 4.79 Å². The Hall–Kier alpha value is -1.87. The van der Waals surface area contributed by atoms with Crippen molar-refractivity contribution >= 4 is 16.7 Å². The molecule has 0 amide bonds. The van der Waals surface area contributed by atoms with Crippen molar-refractivity contribution in [3.05, 3.63) is 48.0 Å². The largest absolute Gasteiger partial charge is 0.464 e. The molecule has 1 aliphatic rings. The van der Waals surface area contributed by atoms with Crippen molar-refractivity contribution in [3.63, 3.8) is 0 Å². The van der Waals surface area contributed by atoms with Crippen LogP contribution in [0.15, 0.2) is 42.5 Å². The molecule has 122 valence electrons. The highest BCUT2D eigenvalue weighted by Crippen LogP contribution is 2.26. The third-order valence-electron chi connectivity index (χ3n) is 4.74. The summed E-state index contributed by atoms with van der Waals surface area (Å²) in [5.41, 5.74) is 1.05. The van der Waals surface area contributed by atoms with Gasteiger partial charge in [-0.15, -0.1) is 0 Å². The molecule has 1 atom stereocenters. The molecule has 1 aliphatic heterocycles. The highest BCUT2D eigenvalue weighted by molar-refractivity contribution is 5.91. The molecule has 0 N–H and O–H groups in total. The molecule has 2 aromatic carbocycles. The van der Waals surface area contributed by atoms with Gasteiger partial charge in [0.1, 0.15) is 6.61 Å². The van der Waals surface area contributed by atoms with E-state index in [0.29, 0.717) is 6.61 Å². The van der Waals surface area contributed by atoms with Gasteiger partial charge < -0.3 is 4.74 Å². The summed E-state index contributed by atoms with van der Waals surface area (Å²) in [6.45, 7) is 5.56. The zero-order valence-corrected chi connectivity index (χ0v) is 13.8. The summed E-state index contributed by atoms with van der Waals surface area (Å²) in [5, 5.41) is 2.30. The van der Waals surface area contributed by atoms with Gasteiger partial charge in [-0.05, 0) is 49.2 Å². The molecule has 3 rings (SSSR count). The van der Waals surface area contributed by atoms with Crippen LogP contribution in [0.3, 0.4) is 0 Å². The first kappa shape index (κ1) is 16.0. The number of esters is 1. The van der Waals surface area contributed by atoms with Crippen LogP contribution in [0, 0.1) is 0 Å². The monoisotopic (exact) mass is 311 g/mol. The molecule has 1 heterocycles. The zero-order chi connectivity index (χ0) is 16.1. The number of hydrogen-bond acceptors (Lipinski definition) is 3. The lowest BCUT2D eigenvalue weighted by molar-refractivity contribution is -0.145. The van der Waals surface area contributed by atoms with Gasteiger partial charge in [0, 0.05) is 6.54 Å². The summed E-state index contributed by atoms with van der Waals surface area (Å²) in [7, 11) is 0. The molecule has 1 unspecified atom stereocenters. The normalized spacial score (nSPS) is 17.1. The van der Waals surface area contributed by atoms with E-state index in [1.54, 1.807) is 0 Å². The molecule has 1 fully saturated rings. The van der Waals surface area contributed by atoms with Gasteiger partial charge in [0.15, 0.2) is 0 Å². The Balaban J connectivity index is 1.60. The Morgan fingerprint density at radius 3 is 2.65 bits per heavy atom. The molecule has 1 saturated heterocycles. The fraction of sp³-hybridized carbons (Fsp3) is 0.450. The van der Waals surface area contributed by atoms with Crippen molar-refractivity contribution in [2.24, 2.45) is 0 Å². The minimum atomic E-state index is -0.234. The first-order chi connectivity index (χ1) is 11.3. The summed E-state index contributed by atoms with van der Waals surface area (Å²) in [6.07, 6.45) is 3.86. The second-order valence-electron chi connectivity index (χ2n) is 6.36. The smallest absolute Gasteiger partial charge is 0.313 e. The van der Waals surface area contributed by atoms with Crippen LogP contribution in [-0.2, 0) is 9.53 Å². The summed E-state index contributed by atoms with van der Waals surface area (Å²) < 4.78 is 5.53. The van der Waals surface area contributed by atoms with Gasteiger partial charge in [-0.1, -0.05) is 48.9 Å². The topological polar surface area (TPSA) is 29.5 Å². The lowest BCUT2D eigenvalue weighted by Crippen LogP contribution is -2.33. The number of carbonyl (C=O) groups is 1. The maximum atomic E-state index is 12.4. The molecule has 0 radical (unpaired) electrons. The van der Waals surface area contributed by atoms with Crippen LogP contribution in [0.4, 0.5) is 0 Å². The van der Waals surface area contributed by atoms with Gasteiger partial charge in [-0.2, -0.15) is 0 Å². The van der Waals surface area contributed by atoms with Gasteiger partial charge >= 0.3 is 5.97 Å². The Morgan fingerprint density at radius 1 is 1.09 bits per heavy atom. The molecule has 0 saturated carbocycles. The van der Waals surface area contributed by atoms with Crippen molar-refractivity contribution in [2.75, 3.05) is 26.2 Å². The highest BCUT2D eigenvalue weighted by atomic mass is 16.5. The van der Waals surface area contributed by atoms with E-state index in [2.05, 4.69) is 23.1 Å². The van der Waals surface area contributed by atoms with Gasteiger partial charge in [0.25, 0.3) is 0 Å². The van der Waals surface area contributed by atoms with Crippen LogP contribution in [-0.4, -0.2) is 37.1 Å². The Bertz CT molecular complexity index is 656. The molecule has 3 heteroatoms. The highest BCUT2D eigenvalue weighted by Gasteiger charge is 2.19. The molecule has 0 aromatic heterocycles. The standard InChI is InChI=1S/C20H25NO2/c1-16(18-11-7-9-17-8-3-4-10-19(17)18)20(22)23-15-14-21-12-5-2-6-13-21/h3-4,7-11,16H,2,5-6,12-15H2,1H3. The van der Waals surface area contributed by atoms with Crippen LogP contribution in [0.1, 0.15) is 37.7 Å². The molecule has 2 aromatic rings. The van der Waals surface area contributed by atoms with Gasteiger partial charge in [0.2, 0.25) is 0 Å². The summed E-state index contributed by atoms with van der Waals surface area (Å²) in [5.74, 6) is -0.360. The van der Waals surface area contributed by atoms with Gasteiger partial charge in [0.05, 0.1) is 5.92 Å². The van der Waals surface area contributed by atoms with Crippen molar-refractivity contribution in [1.29, 1.82) is 0 Å². The van der Waals surface area contributed by atoms with Crippen LogP contribution in [0.5, 0.6) is 0 Å². The lowest BCUT2D eigenvalue weighted by atomic mass is 9.95. The Kier molecular flexibility index (Phi) is 5.29. The third-order valence-corrected chi connectivity index (χ3v) is 4.74. The Labute approximate surface area is 138 Å². The number of rotatable bonds is 5. The zero-order valence-electron chi connectivity index (χ0n) is 13.8. The van der Waals surface area contributed by atoms with Crippen LogP contribution < -0.4 is 0 Å². The maximum Gasteiger partial charge on any atom is 0.313 e. The third kappa shape index (κ3) is 3.91. The van der Waals surface area contributed by atoms with Crippen molar-refractivity contribution in [2.45, 2.75) is 32.1 Å². The van der Waals surface area contributed by atoms with E-state index >= 15 is 0 Å². The van der Waals surface area contributed by atoms with Crippen molar-refractivity contribution in [1.82, 2.24) is 4.90 Å². The predicted octanol–water partition coefficient (Wildman–Crippen LogP) is 3.97. The number of ether oxygens (including phenoxy) is 1. The number of likely N-dealkylation sites (tertiary alicyclic amines) is 1. The van der Waals surface area contributed by atoms with E-state index in [0.717, 1.165) is 36.0 Å². The minimum Gasteiger partial charge on any atom is -0.464 e. The number of fused-ring (bicyclic) bond motifs is 1. The fourth-order valence-electron chi connectivity index (χ4n) is 3.34. The fourth-order valence-corrected chi connectivity index (χ4v) is 3.34. The average molecular weight is 311 g/mol. The van der Waals surface area contributed by atoms with E-state index in [-0.39, 0.29) is 11.9 Å². The number of piperidine rings is 1. The number of carbonyl (C=O) groups excluding carboxylic acids is 1. The lowest BCUT2D eigenvalue weighted by Gasteiger charge is -2.26. The van der Waals surface area contributed by atoms with Gasteiger partial charge in [-0.3, -0.25) is 9.69 Å². The van der Waals surface area contributed by atoms with Gasteiger partial charge in [-0.25, -0.2) is 0 Å². The summed E-state index contributed by atoms with van der Waals surface area (Å²) in [4.78, 5) is 14.8. The van der Waals surface area contributed by atoms with E-state index < -0.39 is 0 Å². The Morgan fingerprint density at radius 2 is 1.83 bits per heavy atom. The first-order valence-corrected chi connectivity index (χ1v) is 8.62. The van der Waals surface area contributed by atoms with Crippen molar-refractivity contribution < 1.29 is 9.53 Å². The minimum absolute atomic E-state index is 0.127. The van der Waals surface area contributed by atoms with E-state index in [4.69, 9.17) is 4.74 Å². The second kappa shape index (κ2) is 7.60. The van der Waals surface area contributed by atoms with Crippen LogP contribution >= 0.6 is 0 Å². The molecular formula is C20H25NO2. The van der Waals surface area contributed by atoms with Crippen LogP contribution in [0.25, 0.3) is 10.8 Å². The number of nitrogens with zero attached hydrogens (tertiary/aromatic N) is 1. The molecular weight excluding hydrogens is 286 g/mol. The predicted molar refractivity (Wildman–Crippen MR) is 93.6 cm³/mol. The average Bonchev–Trinajstić information content (AvgIpc) is 2.61. The SMILES string of the molecule is CC(C(=O)OCCN1CCCCC1)c1cccc2ccccc12. The second-order valence-corrected chi connectivity index (χ2v) is 6.36. The first-order valence-electron chi connectivity index (χ1n) is 8.62.